The summed E-state index contributed by atoms with van der Waals surface area (Å²) in [5, 5.41) is 9.23. The minimum absolute atomic E-state index is 0.0302. The van der Waals surface area contributed by atoms with Crippen LogP contribution in [0.5, 0.6) is 5.75 Å². The van der Waals surface area contributed by atoms with Gasteiger partial charge in [-0.3, -0.25) is 0 Å². The maximum absolute atomic E-state index is 9.23. The summed E-state index contributed by atoms with van der Waals surface area (Å²) in [6.07, 6.45) is 2.41. The summed E-state index contributed by atoms with van der Waals surface area (Å²) in [6, 6.07) is 7.50. The molecule has 0 aliphatic rings. The smallest absolute Gasteiger partial charge is 0.222 e. The van der Waals surface area contributed by atoms with Crippen molar-refractivity contribution in [2.75, 3.05) is 18.6 Å². The van der Waals surface area contributed by atoms with Crippen LogP contribution in [0.15, 0.2) is 30.9 Å². The van der Waals surface area contributed by atoms with E-state index in [1.54, 1.807) is 19.3 Å². The van der Waals surface area contributed by atoms with E-state index >= 15 is 0 Å². The molecule has 0 spiro atoms. The van der Waals surface area contributed by atoms with E-state index in [0.717, 1.165) is 16.9 Å². The molecule has 0 saturated carbocycles. The van der Waals surface area contributed by atoms with Crippen LogP contribution in [0, 0.1) is 11.3 Å². The van der Waals surface area contributed by atoms with Crippen LogP contribution in [0.25, 0.3) is 11.3 Å². The second kappa shape index (κ2) is 5.92. The minimum Gasteiger partial charge on any atom is -0.496 e. The summed E-state index contributed by atoms with van der Waals surface area (Å²) < 4.78 is 5.30. The Morgan fingerprint density at radius 1 is 1.38 bits per heavy atom. The average molecular weight is 281 g/mol. The topological polar surface area (TPSA) is 111 Å². The molecule has 0 aliphatic carbocycles. The highest BCUT2D eigenvalue weighted by Crippen LogP contribution is 2.30. The van der Waals surface area contributed by atoms with Crippen molar-refractivity contribution < 1.29 is 4.74 Å². The lowest BCUT2D eigenvalue weighted by Crippen LogP contribution is -2.05. The molecule has 21 heavy (non-hydrogen) atoms. The molecule has 6 heteroatoms. The van der Waals surface area contributed by atoms with Crippen molar-refractivity contribution in [1.29, 1.82) is 5.26 Å². The Hall–Kier alpha value is -3.07. The number of nitriles is 1. The molecule has 6 nitrogen and oxygen atoms in total. The van der Waals surface area contributed by atoms with Crippen molar-refractivity contribution in [2.45, 2.75) is 6.42 Å². The van der Waals surface area contributed by atoms with E-state index < -0.39 is 0 Å². The third-order valence-electron chi connectivity index (χ3n) is 2.98. The number of benzene rings is 1. The van der Waals surface area contributed by atoms with Crippen molar-refractivity contribution in [3.05, 3.63) is 42.0 Å². The molecule has 0 fully saturated rings. The zero-order chi connectivity index (χ0) is 15.4. The number of nitrogens with zero attached hydrogens (tertiary/aromatic N) is 3. The van der Waals surface area contributed by atoms with Crippen LogP contribution in [-0.2, 0) is 6.42 Å². The van der Waals surface area contributed by atoms with Gasteiger partial charge < -0.3 is 16.2 Å². The Balaban J connectivity index is 2.65. The predicted octanol–water partition coefficient (Wildman–Crippen LogP) is 1.92. The Kier molecular flexibility index (Phi) is 4.05. The van der Waals surface area contributed by atoms with Crippen molar-refractivity contribution >= 4 is 11.8 Å². The molecule has 2 rings (SSSR count). The van der Waals surface area contributed by atoms with Gasteiger partial charge in [0.15, 0.2) is 0 Å². The molecule has 0 unspecified atom stereocenters. The van der Waals surface area contributed by atoms with Gasteiger partial charge in [0.25, 0.3) is 0 Å². The zero-order valence-corrected chi connectivity index (χ0v) is 11.6. The molecule has 0 amide bonds. The summed E-state index contributed by atoms with van der Waals surface area (Å²) in [6.45, 7) is 3.72. The van der Waals surface area contributed by atoms with E-state index in [1.165, 1.54) is 0 Å². The summed E-state index contributed by atoms with van der Waals surface area (Å²) in [5.41, 5.74) is 13.6. The fourth-order valence-electron chi connectivity index (χ4n) is 2.06. The van der Waals surface area contributed by atoms with Gasteiger partial charge in [-0.05, 0) is 30.2 Å². The van der Waals surface area contributed by atoms with Crippen LogP contribution in [-0.4, -0.2) is 17.1 Å². The molecule has 0 atom stereocenters. The number of aromatic nitrogens is 2. The second-order valence-electron chi connectivity index (χ2n) is 4.32. The lowest BCUT2D eigenvalue weighted by molar-refractivity contribution is 0.411. The van der Waals surface area contributed by atoms with E-state index in [1.807, 2.05) is 18.2 Å². The Bertz CT molecular complexity index is 734. The van der Waals surface area contributed by atoms with E-state index in [0.29, 0.717) is 12.1 Å². The number of allylic oxidation sites excluding steroid dienone is 1. The molecule has 0 aliphatic heterocycles. The molecule has 0 bridgehead atoms. The SMILES string of the molecule is C=CCc1cc(-c2nc(N)nc(N)c2C#N)ccc1OC. The molecule has 1 heterocycles. The van der Waals surface area contributed by atoms with Gasteiger partial charge >= 0.3 is 0 Å². The predicted molar refractivity (Wildman–Crippen MR) is 81.5 cm³/mol. The van der Waals surface area contributed by atoms with Gasteiger partial charge in [0.1, 0.15) is 23.2 Å². The largest absolute Gasteiger partial charge is 0.496 e. The molecule has 4 N–H and O–H groups in total. The molecule has 2 aromatic rings. The molecule has 0 saturated heterocycles. The fourth-order valence-corrected chi connectivity index (χ4v) is 2.06. The van der Waals surface area contributed by atoms with Gasteiger partial charge in [-0.1, -0.05) is 6.08 Å². The van der Waals surface area contributed by atoms with Crippen molar-refractivity contribution in [1.82, 2.24) is 9.97 Å². The number of hydrogen-bond donors (Lipinski definition) is 2. The average Bonchev–Trinajstić information content (AvgIpc) is 2.47. The summed E-state index contributed by atoms with van der Waals surface area (Å²) >= 11 is 0. The third kappa shape index (κ3) is 2.77. The van der Waals surface area contributed by atoms with Gasteiger partial charge in [-0.25, -0.2) is 4.98 Å². The van der Waals surface area contributed by atoms with Gasteiger partial charge in [-0.2, -0.15) is 10.2 Å². The molecular weight excluding hydrogens is 266 g/mol. The number of nitrogen functional groups attached to an aromatic ring is 2. The van der Waals surface area contributed by atoms with Crippen molar-refractivity contribution in [3.8, 4) is 23.1 Å². The number of anilines is 2. The number of ether oxygens (including phenoxy) is 1. The molecule has 0 radical (unpaired) electrons. The van der Waals surface area contributed by atoms with E-state index in [9.17, 15) is 5.26 Å². The maximum atomic E-state index is 9.23. The first kappa shape index (κ1) is 14.3. The maximum Gasteiger partial charge on any atom is 0.222 e. The van der Waals surface area contributed by atoms with Crippen molar-refractivity contribution in [3.63, 3.8) is 0 Å². The molecular formula is C15H15N5O. The second-order valence-corrected chi connectivity index (χ2v) is 4.32. The lowest BCUT2D eigenvalue weighted by atomic mass is 10.0. The van der Waals surface area contributed by atoms with Gasteiger partial charge in [0, 0.05) is 5.56 Å². The molecule has 106 valence electrons. The third-order valence-corrected chi connectivity index (χ3v) is 2.98. The number of rotatable bonds is 4. The number of methoxy groups -OCH3 is 1. The first-order valence-corrected chi connectivity index (χ1v) is 6.22. The molecule has 1 aromatic carbocycles. The van der Waals surface area contributed by atoms with Crippen LogP contribution in [0.1, 0.15) is 11.1 Å². The summed E-state index contributed by atoms with van der Waals surface area (Å²) in [4.78, 5) is 7.93. The van der Waals surface area contributed by atoms with E-state index in [4.69, 9.17) is 16.2 Å². The van der Waals surface area contributed by atoms with Gasteiger partial charge in [-0.15, -0.1) is 6.58 Å². The van der Waals surface area contributed by atoms with Gasteiger partial charge in [0.2, 0.25) is 5.95 Å². The van der Waals surface area contributed by atoms with Crippen molar-refractivity contribution in [2.24, 2.45) is 0 Å². The Labute approximate surface area is 122 Å². The highest BCUT2D eigenvalue weighted by atomic mass is 16.5. The first-order chi connectivity index (χ1) is 10.1. The highest BCUT2D eigenvalue weighted by molar-refractivity contribution is 5.74. The zero-order valence-electron chi connectivity index (χ0n) is 11.6. The summed E-state index contributed by atoms with van der Waals surface area (Å²) in [7, 11) is 1.60. The summed E-state index contributed by atoms with van der Waals surface area (Å²) in [5.74, 6) is 0.843. The minimum atomic E-state index is 0.0302. The molecule has 1 aromatic heterocycles. The van der Waals surface area contributed by atoms with Gasteiger partial charge in [0.05, 0.1) is 12.8 Å². The normalized spacial score (nSPS) is 9.90. The highest BCUT2D eigenvalue weighted by Gasteiger charge is 2.14. The fraction of sp³-hybridized carbons (Fsp3) is 0.133. The standard InChI is InChI=1S/C15H15N5O/c1-3-4-9-7-10(5-6-12(9)21-2)13-11(8-16)14(17)20-15(18)19-13/h3,5-7H,1,4H2,2H3,(H4,17,18,19,20). The van der Waals surface area contributed by atoms with Crippen LogP contribution in [0.3, 0.4) is 0 Å². The monoisotopic (exact) mass is 281 g/mol. The van der Waals surface area contributed by atoms with Crippen LogP contribution in [0.2, 0.25) is 0 Å². The number of nitrogens with two attached hydrogens (primary N) is 2. The van der Waals surface area contributed by atoms with E-state index in [-0.39, 0.29) is 17.3 Å². The Morgan fingerprint density at radius 3 is 2.76 bits per heavy atom. The van der Waals surface area contributed by atoms with E-state index in [2.05, 4.69) is 16.5 Å². The lowest BCUT2D eigenvalue weighted by Gasteiger charge is -2.11. The van der Waals surface area contributed by atoms with Crippen LogP contribution < -0.4 is 16.2 Å². The van der Waals surface area contributed by atoms with Crippen LogP contribution in [0.4, 0.5) is 11.8 Å². The van der Waals surface area contributed by atoms with Crippen LogP contribution >= 0.6 is 0 Å². The Morgan fingerprint density at radius 2 is 2.14 bits per heavy atom. The first-order valence-electron chi connectivity index (χ1n) is 6.22. The quantitative estimate of drug-likeness (QED) is 0.828. The number of hydrogen-bond acceptors (Lipinski definition) is 6.